The van der Waals surface area contributed by atoms with Gasteiger partial charge in [-0.3, -0.25) is 43.3 Å². The number of nitrogens with two attached hydrogens (primary N) is 3. The minimum atomic E-state index is -1.61. The van der Waals surface area contributed by atoms with Crippen LogP contribution in [0.25, 0.3) is 10.9 Å². The van der Waals surface area contributed by atoms with Crippen LogP contribution < -0.4 is 49.1 Å². The highest BCUT2D eigenvalue weighted by atomic mass is 32.1. The Morgan fingerprint density at radius 1 is 0.694 bits per heavy atom. The van der Waals surface area contributed by atoms with E-state index in [0.717, 1.165) is 0 Å². The SMILES string of the molecule is CC(C)C[C@H](NC(=O)[C@H](CCC(=O)O)NC(=O)[C@H](Cc1c[nH]c2ccccc12)NC(=O)[C@H](CCC(=O)O)NC(=O)[C@H](CCCN=C(N)N)NC(=O)CN)C(=O)N[C@@H](CS)C(=O)O. The quantitative estimate of drug-likeness (QED) is 0.0181. The summed E-state index contributed by atoms with van der Waals surface area (Å²) in [6.45, 7) is 3.07. The van der Waals surface area contributed by atoms with Crippen molar-refractivity contribution in [2.24, 2.45) is 28.1 Å². The third-order valence-corrected chi connectivity index (χ3v) is 9.58. The summed E-state index contributed by atoms with van der Waals surface area (Å²) in [5, 5.41) is 43.7. The molecule has 6 amide bonds. The molecule has 0 saturated heterocycles. The number of amides is 6. The Balaban J connectivity index is 2.52. The molecule has 0 radical (unpaired) electrons. The van der Waals surface area contributed by atoms with Gasteiger partial charge in [-0.05, 0) is 49.7 Å². The van der Waals surface area contributed by atoms with Crippen molar-refractivity contribution in [3.63, 3.8) is 0 Å². The lowest BCUT2D eigenvalue weighted by atomic mass is 10.0. The van der Waals surface area contributed by atoms with Gasteiger partial charge >= 0.3 is 17.9 Å². The standard InChI is InChI=1S/C38H57N11O12S/c1-19(2)14-26(35(58)49-28(18-62)37(60)61)47-33(56)25(10-12-31(53)54)46-36(59)27(15-20-17-43-22-7-4-3-6-21(20)22)48-34(57)24(9-11-30(51)52)45-32(55)23(44-29(50)16-39)8-5-13-42-38(40)41/h3-4,6-7,17,19,23-28,43,62H,5,8-16,18,39H2,1-2H3,(H,44,50)(H,45,55)(H,46,59)(H,47,56)(H,48,57)(H,49,58)(H,51,52)(H,53,54)(H,60,61)(H4,40,41,42)/t23-,24-,25-,26-,27-,28-/m0/s1. The number of aromatic amines is 1. The molecule has 1 aromatic heterocycles. The third-order valence-electron chi connectivity index (χ3n) is 9.21. The molecule has 0 saturated carbocycles. The van der Waals surface area contributed by atoms with Gasteiger partial charge in [0, 0.05) is 48.7 Å². The maximum atomic E-state index is 14.2. The van der Waals surface area contributed by atoms with Crippen LogP contribution >= 0.6 is 12.6 Å². The number of nitrogens with one attached hydrogen (secondary N) is 7. The van der Waals surface area contributed by atoms with Crippen LogP contribution in [-0.4, -0.2) is 135 Å². The Morgan fingerprint density at radius 2 is 1.18 bits per heavy atom. The van der Waals surface area contributed by atoms with Crippen LogP contribution in [0.1, 0.15) is 64.4 Å². The van der Waals surface area contributed by atoms with Crippen LogP contribution in [0.5, 0.6) is 0 Å². The van der Waals surface area contributed by atoms with Crippen molar-refractivity contribution in [3.8, 4) is 0 Å². The lowest BCUT2D eigenvalue weighted by Gasteiger charge is -2.27. The number of carbonyl (C=O) groups is 9. The first-order chi connectivity index (χ1) is 29.2. The zero-order valence-corrected chi connectivity index (χ0v) is 35.2. The third kappa shape index (κ3) is 18.0. The van der Waals surface area contributed by atoms with Gasteiger partial charge in [-0.15, -0.1) is 0 Å². The summed E-state index contributed by atoms with van der Waals surface area (Å²) < 4.78 is 0. The van der Waals surface area contributed by atoms with Crippen LogP contribution in [0.15, 0.2) is 35.5 Å². The fraction of sp³-hybridized carbons (Fsp3) is 0.526. The van der Waals surface area contributed by atoms with Crippen molar-refractivity contribution in [3.05, 3.63) is 36.0 Å². The normalized spacial score (nSPS) is 13.9. The summed E-state index contributed by atoms with van der Waals surface area (Å²) in [6.07, 6.45) is -0.686. The van der Waals surface area contributed by atoms with Crippen LogP contribution in [0.2, 0.25) is 0 Å². The number of aliphatic imine (C=N–C) groups is 1. The van der Waals surface area contributed by atoms with Crippen LogP contribution in [0.3, 0.4) is 0 Å². The van der Waals surface area contributed by atoms with Crippen molar-refractivity contribution in [1.82, 2.24) is 36.9 Å². The number of carboxylic acids is 3. The molecule has 0 aliphatic rings. The molecule has 23 nitrogen and oxygen atoms in total. The lowest BCUT2D eigenvalue weighted by Crippen LogP contribution is -2.60. The van der Waals surface area contributed by atoms with E-state index in [1.165, 1.54) is 0 Å². The molecule has 62 heavy (non-hydrogen) atoms. The van der Waals surface area contributed by atoms with Gasteiger partial charge < -0.3 is 69.4 Å². The first-order valence-corrected chi connectivity index (χ1v) is 20.3. The number of aliphatic carboxylic acids is 3. The highest BCUT2D eigenvalue weighted by Gasteiger charge is 2.34. The van der Waals surface area contributed by atoms with E-state index in [2.05, 4.69) is 54.5 Å². The summed E-state index contributed by atoms with van der Waals surface area (Å²) in [5.74, 6) is -10.2. The number of thiol groups is 1. The second kappa shape index (κ2) is 26.0. The molecule has 2 rings (SSSR count). The molecule has 0 unspecified atom stereocenters. The highest BCUT2D eigenvalue weighted by Crippen LogP contribution is 2.20. The largest absolute Gasteiger partial charge is 0.481 e. The van der Waals surface area contributed by atoms with Gasteiger partial charge in [-0.1, -0.05) is 32.0 Å². The predicted octanol–water partition coefficient (Wildman–Crippen LogP) is -2.58. The Bertz CT molecular complexity index is 1940. The van der Waals surface area contributed by atoms with E-state index in [0.29, 0.717) is 16.5 Å². The van der Waals surface area contributed by atoms with E-state index in [1.54, 1.807) is 44.3 Å². The van der Waals surface area contributed by atoms with Crippen molar-refractivity contribution in [1.29, 1.82) is 0 Å². The summed E-state index contributed by atoms with van der Waals surface area (Å²) in [6, 6.07) is -1.77. The van der Waals surface area contributed by atoms with Crippen LogP contribution in [0, 0.1) is 5.92 Å². The first kappa shape index (κ1) is 51.7. The Kier molecular flexibility index (Phi) is 21.7. The average Bonchev–Trinajstić information content (AvgIpc) is 3.61. The minimum Gasteiger partial charge on any atom is -0.481 e. The zero-order valence-electron chi connectivity index (χ0n) is 34.3. The number of rotatable bonds is 28. The topological polar surface area (TPSA) is 393 Å². The lowest BCUT2D eigenvalue weighted by molar-refractivity contribution is -0.141. The number of carbonyl (C=O) groups excluding carboxylic acids is 6. The van der Waals surface area contributed by atoms with Crippen LogP contribution in [0.4, 0.5) is 0 Å². The number of aromatic nitrogens is 1. The fourth-order valence-corrected chi connectivity index (χ4v) is 6.33. The molecule has 0 aliphatic heterocycles. The first-order valence-electron chi connectivity index (χ1n) is 19.6. The zero-order chi connectivity index (χ0) is 46.5. The number of fused-ring (bicyclic) bond motifs is 1. The van der Waals surface area contributed by atoms with Gasteiger partial charge in [0.15, 0.2) is 5.96 Å². The van der Waals surface area contributed by atoms with E-state index in [1.807, 2.05) is 0 Å². The number of guanidine groups is 1. The highest BCUT2D eigenvalue weighted by molar-refractivity contribution is 7.80. The molecule has 1 aromatic carbocycles. The Hall–Kier alpha value is -6.43. The fourth-order valence-electron chi connectivity index (χ4n) is 6.08. The summed E-state index contributed by atoms with van der Waals surface area (Å²) in [7, 11) is 0. The molecule has 0 fully saturated rings. The number of H-pyrrole nitrogens is 1. The molecular formula is C38H57N11O12S. The molecule has 2 aromatic rings. The van der Waals surface area contributed by atoms with Gasteiger partial charge in [0.05, 0.1) is 6.54 Å². The van der Waals surface area contributed by atoms with Gasteiger partial charge in [-0.2, -0.15) is 12.6 Å². The maximum absolute atomic E-state index is 14.2. The summed E-state index contributed by atoms with van der Waals surface area (Å²) in [4.78, 5) is 123. The molecule has 16 N–H and O–H groups in total. The molecule has 0 spiro atoms. The minimum absolute atomic E-state index is 0.0196. The Morgan fingerprint density at radius 3 is 1.68 bits per heavy atom. The number of hydrogen-bond acceptors (Lipinski definition) is 12. The van der Waals surface area contributed by atoms with Crippen molar-refractivity contribution >= 4 is 82.8 Å². The molecule has 342 valence electrons. The molecule has 0 bridgehead atoms. The van der Waals surface area contributed by atoms with Gasteiger partial charge in [-0.25, -0.2) is 4.79 Å². The van der Waals surface area contributed by atoms with E-state index in [-0.39, 0.29) is 49.9 Å². The van der Waals surface area contributed by atoms with E-state index < -0.39 is 122 Å². The van der Waals surface area contributed by atoms with E-state index in [9.17, 15) is 58.5 Å². The van der Waals surface area contributed by atoms with Crippen LogP contribution in [-0.2, 0) is 49.6 Å². The monoisotopic (exact) mass is 891 g/mol. The number of benzene rings is 1. The number of carboxylic acid groups (broad SMARTS) is 3. The smallest absolute Gasteiger partial charge is 0.327 e. The molecule has 0 aliphatic carbocycles. The van der Waals surface area contributed by atoms with Gasteiger partial charge in [0.1, 0.15) is 36.3 Å². The maximum Gasteiger partial charge on any atom is 0.327 e. The predicted molar refractivity (Wildman–Crippen MR) is 227 cm³/mol. The number of para-hydroxylation sites is 1. The molecule has 24 heteroatoms. The molecular weight excluding hydrogens is 835 g/mol. The second-order valence-electron chi connectivity index (χ2n) is 14.7. The second-order valence-corrected chi connectivity index (χ2v) is 15.0. The van der Waals surface area contributed by atoms with E-state index >= 15 is 0 Å². The van der Waals surface area contributed by atoms with Crippen molar-refractivity contribution < 1.29 is 58.5 Å². The van der Waals surface area contributed by atoms with Crippen molar-refractivity contribution in [2.75, 3.05) is 18.8 Å². The average molecular weight is 892 g/mol. The molecule has 6 atom stereocenters. The van der Waals surface area contributed by atoms with E-state index in [4.69, 9.17) is 17.2 Å². The Labute approximate surface area is 361 Å². The number of nitrogens with zero attached hydrogens (tertiary/aromatic N) is 1. The summed E-state index contributed by atoms with van der Waals surface area (Å²) >= 11 is 3.95. The van der Waals surface area contributed by atoms with Crippen molar-refractivity contribution in [2.45, 2.75) is 101 Å². The number of hydrogen-bond donors (Lipinski definition) is 14. The van der Waals surface area contributed by atoms with Gasteiger partial charge in [0.2, 0.25) is 35.4 Å². The summed E-state index contributed by atoms with van der Waals surface area (Å²) in [5.41, 5.74) is 17.3. The molecule has 1 heterocycles. The van der Waals surface area contributed by atoms with Gasteiger partial charge in [0.25, 0.3) is 0 Å².